The third-order valence-corrected chi connectivity index (χ3v) is 6.52. The lowest BCUT2D eigenvalue weighted by Gasteiger charge is -2.12. The Labute approximate surface area is 181 Å². The van der Waals surface area contributed by atoms with E-state index in [1.54, 1.807) is 12.1 Å². The summed E-state index contributed by atoms with van der Waals surface area (Å²) in [7, 11) is 0. The summed E-state index contributed by atoms with van der Waals surface area (Å²) < 4.78 is 13.7. The van der Waals surface area contributed by atoms with E-state index in [0.29, 0.717) is 16.0 Å². The molecule has 0 radical (unpaired) electrons. The van der Waals surface area contributed by atoms with Crippen LogP contribution < -0.4 is 10.6 Å². The topological polar surface area (TPSA) is 66.9 Å². The number of carbonyl (C=O) groups excluding carboxylic acids is 1. The fourth-order valence-corrected chi connectivity index (χ4v) is 4.77. The highest BCUT2D eigenvalue weighted by molar-refractivity contribution is 8.02. The van der Waals surface area contributed by atoms with Crippen LogP contribution in [0.3, 0.4) is 0 Å². The van der Waals surface area contributed by atoms with Crippen molar-refractivity contribution in [2.45, 2.75) is 23.1 Å². The summed E-state index contributed by atoms with van der Waals surface area (Å²) >= 11 is 2.75. The molecular formula is C22H19FN4OS2. The van der Waals surface area contributed by atoms with Crippen LogP contribution in [0.15, 0.2) is 71.1 Å². The van der Waals surface area contributed by atoms with Crippen molar-refractivity contribution in [1.82, 2.24) is 10.2 Å². The van der Waals surface area contributed by atoms with E-state index < -0.39 is 0 Å². The van der Waals surface area contributed by atoms with E-state index in [1.165, 1.54) is 35.2 Å². The third-order valence-electron chi connectivity index (χ3n) is 4.46. The Morgan fingerprint density at radius 3 is 2.67 bits per heavy atom. The largest absolute Gasteiger partial charge is 0.356 e. The van der Waals surface area contributed by atoms with Crippen LogP contribution >= 0.6 is 23.1 Å². The second-order valence-corrected chi connectivity index (χ2v) is 9.19. The van der Waals surface area contributed by atoms with Crippen LogP contribution in [-0.2, 0) is 11.3 Å². The Morgan fingerprint density at radius 2 is 1.83 bits per heavy atom. The molecule has 1 atom stereocenters. The van der Waals surface area contributed by atoms with Crippen LogP contribution in [0.4, 0.5) is 15.2 Å². The SMILES string of the molecule is CC(Sc1nnc(NCc2ccc(F)cc2)s1)C(=O)Nc1cccc2ccccc12. The van der Waals surface area contributed by atoms with Gasteiger partial charge in [-0.1, -0.05) is 71.6 Å². The molecule has 152 valence electrons. The highest BCUT2D eigenvalue weighted by Crippen LogP contribution is 2.30. The van der Waals surface area contributed by atoms with Crippen LogP contribution in [0, 0.1) is 5.82 Å². The van der Waals surface area contributed by atoms with Gasteiger partial charge in [-0.3, -0.25) is 4.79 Å². The van der Waals surface area contributed by atoms with Crippen molar-refractivity contribution in [3.8, 4) is 0 Å². The monoisotopic (exact) mass is 438 g/mol. The van der Waals surface area contributed by atoms with Crippen molar-refractivity contribution in [3.05, 3.63) is 78.1 Å². The minimum atomic E-state index is -0.332. The second kappa shape index (κ2) is 9.23. The van der Waals surface area contributed by atoms with Gasteiger partial charge in [0.2, 0.25) is 11.0 Å². The Kier molecular flexibility index (Phi) is 6.25. The number of aromatic nitrogens is 2. The molecule has 8 heteroatoms. The van der Waals surface area contributed by atoms with Crippen molar-refractivity contribution in [2.24, 2.45) is 0 Å². The first-order chi connectivity index (χ1) is 14.6. The maximum absolute atomic E-state index is 13.0. The van der Waals surface area contributed by atoms with Crippen LogP contribution in [0.2, 0.25) is 0 Å². The molecule has 5 nitrogen and oxygen atoms in total. The fourth-order valence-electron chi connectivity index (χ4n) is 2.88. The zero-order valence-corrected chi connectivity index (χ0v) is 17.8. The Balaban J connectivity index is 1.35. The van der Waals surface area contributed by atoms with E-state index in [2.05, 4.69) is 20.8 Å². The summed E-state index contributed by atoms with van der Waals surface area (Å²) in [5.74, 6) is -0.350. The van der Waals surface area contributed by atoms with Crippen molar-refractivity contribution < 1.29 is 9.18 Å². The predicted molar refractivity (Wildman–Crippen MR) is 122 cm³/mol. The molecule has 1 aromatic heterocycles. The molecule has 0 fully saturated rings. The first-order valence-electron chi connectivity index (χ1n) is 9.35. The number of anilines is 2. The number of halogens is 1. The molecule has 2 N–H and O–H groups in total. The van der Waals surface area contributed by atoms with Gasteiger partial charge in [0.15, 0.2) is 4.34 Å². The average Bonchev–Trinajstić information content (AvgIpc) is 3.21. The number of thioether (sulfide) groups is 1. The minimum absolute atomic E-state index is 0.0904. The quantitative estimate of drug-likeness (QED) is 0.370. The molecular weight excluding hydrogens is 419 g/mol. The molecule has 30 heavy (non-hydrogen) atoms. The number of fused-ring (bicyclic) bond motifs is 1. The van der Waals surface area contributed by atoms with E-state index in [4.69, 9.17) is 0 Å². The number of rotatable bonds is 7. The zero-order chi connectivity index (χ0) is 20.9. The molecule has 0 aliphatic carbocycles. The zero-order valence-electron chi connectivity index (χ0n) is 16.1. The average molecular weight is 439 g/mol. The maximum atomic E-state index is 13.0. The molecule has 0 spiro atoms. The summed E-state index contributed by atoms with van der Waals surface area (Å²) in [5.41, 5.74) is 1.74. The molecule has 4 aromatic rings. The molecule has 0 saturated heterocycles. The fraction of sp³-hybridized carbons (Fsp3) is 0.136. The van der Waals surface area contributed by atoms with Crippen molar-refractivity contribution in [3.63, 3.8) is 0 Å². The molecule has 4 rings (SSSR count). The summed E-state index contributed by atoms with van der Waals surface area (Å²) in [4.78, 5) is 12.7. The molecule has 0 aliphatic heterocycles. The highest BCUT2D eigenvalue weighted by atomic mass is 32.2. The van der Waals surface area contributed by atoms with Crippen LogP contribution in [0.25, 0.3) is 10.8 Å². The molecule has 1 heterocycles. The van der Waals surface area contributed by atoms with E-state index in [1.807, 2.05) is 49.4 Å². The van der Waals surface area contributed by atoms with Gasteiger partial charge in [0.1, 0.15) is 5.82 Å². The number of nitrogens with zero attached hydrogens (tertiary/aromatic N) is 2. The Morgan fingerprint density at radius 1 is 1.07 bits per heavy atom. The van der Waals surface area contributed by atoms with Crippen LogP contribution in [-0.4, -0.2) is 21.4 Å². The van der Waals surface area contributed by atoms with Gasteiger partial charge in [0.05, 0.1) is 5.25 Å². The van der Waals surface area contributed by atoms with Crippen molar-refractivity contribution >= 4 is 50.6 Å². The highest BCUT2D eigenvalue weighted by Gasteiger charge is 2.18. The Bertz CT molecular complexity index is 1160. The summed E-state index contributed by atoms with van der Waals surface area (Å²) in [6.45, 7) is 2.37. The Hall–Kier alpha value is -2.97. The van der Waals surface area contributed by atoms with E-state index >= 15 is 0 Å². The van der Waals surface area contributed by atoms with E-state index in [-0.39, 0.29) is 17.0 Å². The maximum Gasteiger partial charge on any atom is 0.237 e. The van der Waals surface area contributed by atoms with Gasteiger partial charge in [0, 0.05) is 17.6 Å². The normalized spacial score (nSPS) is 11.9. The van der Waals surface area contributed by atoms with Gasteiger partial charge in [0.25, 0.3) is 0 Å². The molecule has 0 saturated carbocycles. The number of hydrogen-bond donors (Lipinski definition) is 2. The van der Waals surface area contributed by atoms with Crippen LogP contribution in [0.5, 0.6) is 0 Å². The van der Waals surface area contributed by atoms with Crippen LogP contribution in [0.1, 0.15) is 12.5 Å². The first-order valence-corrected chi connectivity index (χ1v) is 11.1. The summed E-state index contributed by atoms with van der Waals surface area (Å²) in [6.07, 6.45) is 0. The van der Waals surface area contributed by atoms with Gasteiger partial charge in [-0.25, -0.2) is 4.39 Å². The van der Waals surface area contributed by atoms with Gasteiger partial charge >= 0.3 is 0 Å². The standard InChI is InChI=1S/C22H19FN4OS2/c1-14(20(28)25-19-8-4-6-16-5-2-3-7-18(16)19)29-22-27-26-21(30-22)24-13-15-9-11-17(23)12-10-15/h2-12,14H,13H2,1H3,(H,24,26)(H,25,28). The number of nitrogens with one attached hydrogen (secondary N) is 2. The molecule has 3 aromatic carbocycles. The van der Waals surface area contributed by atoms with Gasteiger partial charge in [-0.15, -0.1) is 10.2 Å². The van der Waals surface area contributed by atoms with Gasteiger partial charge in [-0.2, -0.15) is 0 Å². The van der Waals surface area contributed by atoms with E-state index in [9.17, 15) is 9.18 Å². The summed E-state index contributed by atoms with van der Waals surface area (Å²) in [6, 6.07) is 20.1. The number of amides is 1. The molecule has 0 bridgehead atoms. The van der Waals surface area contributed by atoms with Crippen molar-refractivity contribution in [1.29, 1.82) is 0 Å². The third kappa shape index (κ3) is 4.95. The number of carbonyl (C=O) groups is 1. The first kappa shape index (κ1) is 20.3. The van der Waals surface area contributed by atoms with Gasteiger partial charge in [-0.05, 0) is 36.1 Å². The minimum Gasteiger partial charge on any atom is -0.356 e. The van der Waals surface area contributed by atoms with E-state index in [0.717, 1.165) is 22.0 Å². The number of hydrogen-bond acceptors (Lipinski definition) is 6. The lowest BCUT2D eigenvalue weighted by atomic mass is 10.1. The number of benzene rings is 3. The van der Waals surface area contributed by atoms with Crippen molar-refractivity contribution in [2.75, 3.05) is 10.6 Å². The molecule has 1 amide bonds. The molecule has 0 aliphatic rings. The van der Waals surface area contributed by atoms with Gasteiger partial charge < -0.3 is 10.6 Å². The predicted octanol–water partition coefficient (Wildman–Crippen LogP) is 5.56. The lowest BCUT2D eigenvalue weighted by Crippen LogP contribution is -2.22. The smallest absolute Gasteiger partial charge is 0.237 e. The summed E-state index contributed by atoms with van der Waals surface area (Å²) in [5, 5.41) is 16.9. The lowest BCUT2D eigenvalue weighted by molar-refractivity contribution is -0.115. The molecule has 1 unspecified atom stereocenters. The second-order valence-electron chi connectivity index (χ2n) is 6.63.